The Morgan fingerprint density at radius 1 is 1.44 bits per heavy atom. The Morgan fingerprint density at radius 3 is 2.67 bits per heavy atom. The van der Waals surface area contributed by atoms with Crippen molar-refractivity contribution in [3.05, 3.63) is 39.4 Å². The molecule has 1 aromatic carbocycles. The van der Waals surface area contributed by atoms with E-state index >= 15 is 0 Å². The molecule has 0 aromatic heterocycles. The van der Waals surface area contributed by atoms with Gasteiger partial charge in [-0.2, -0.15) is 0 Å². The Balaban J connectivity index is 2.63. The molecule has 2 atom stereocenters. The Morgan fingerprint density at radius 2 is 2.11 bits per heavy atom. The zero-order valence-corrected chi connectivity index (χ0v) is 11.0. The molecule has 0 amide bonds. The highest BCUT2D eigenvalue weighted by Gasteiger charge is 2.11. The molecule has 0 spiro atoms. The summed E-state index contributed by atoms with van der Waals surface area (Å²) in [5, 5.41) is 23.3. The topological polar surface area (TPSA) is 75.4 Å². The molecule has 0 radical (unpaired) electrons. The normalized spacial score (nSPS) is 14.2. The quantitative estimate of drug-likeness (QED) is 0.601. The van der Waals surface area contributed by atoms with Crippen molar-refractivity contribution in [3.8, 4) is 0 Å². The van der Waals surface area contributed by atoms with Gasteiger partial charge in [-0.3, -0.25) is 10.1 Å². The van der Waals surface area contributed by atoms with Crippen LogP contribution in [0.3, 0.4) is 0 Å². The highest BCUT2D eigenvalue weighted by Crippen LogP contribution is 2.19. The first-order valence-corrected chi connectivity index (χ1v) is 6.05. The number of aryl methyl sites for hydroxylation is 1. The minimum absolute atomic E-state index is 0.150. The number of benzene rings is 1. The van der Waals surface area contributed by atoms with Gasteiger partial charge in [0.25, 0.3) is 5.69 Å². The first-order valence-electron chi connectivity index (χ1n) is 6.05. The van der Waals surface area contributed by atoms with Gasteiger partial charge in [-0.25, -0.2) is 0 Å². The second kappa shape index (κ2) is 6.47. The number of nitro groups is 1. The fourth-order valence-corrected chi connectivity index (χ4v) is 1.85. The molecule has 5 heteroatoms. The minimum Gasteiger partial charge on any atom is -0.393 e. The van der Waals surface area contributed by atoms with E-state index in [0.29, 0.717) is 18.5 Å². The van der Waals surface area contributed by atoms with Crippen molar-refractivity contribution >= 4 is 5.69 Å². The van der Waals surface area contributed by atoms with E-state index in [-0.39, 0.29) is 22.8 Å². The Labute approximate surface area is 107 Å². The molecule has 1 rings (SSSR count). The Hall–Kier alpha value is -1.46. The fraction of sp³-hybridized carbons (Fsp3) is 0.538. The maximum Gasteiger partial charge on any atom is 0.272 e. The van der Waals surface area contributed by atoms with Crippen LogP contribution in [-0.4, -0.2) is 22.2 Å². The van der Waals surface area contributed by atoms with Crippen molar-refractivity contribution in [2.75, 3.05) is 0 Å². The summed E-state index contributed by atoms with van der Waals surface area (Å²) >= 11 is 0. The van der Waals surface area contributed by atoms with Crippen molar-refractivity contribution in [3.63, 3.8) is 0 Å². The van der Waals surface area contributed by atoms with Crippen LogP contribution in [0, 0.1) is 17.0 Å². The minimum atomic E-state index is -0.363. The molecule has 0 unspecified atom stereocenters. The van der Waals surface area contributed by atoms with Crippen LogP contribution in [0.15, 0.2) is 18.2 Å². The number of aliphatic hydroxyl groups excluding tert-OH is 1. The van der Waals surface area contributed by atoms with E-state index in [1.165, 1.54) is 0 Å². The molecule has 0 aliphatic heterocycles. The number of nitro benzene ring substituents is 1. The molecule has 100 valence electrons. The van der Waals surface area contributed by atoms with Crippen LogP contribution in [-0.2, 0) is 6.54 Å². The van der Waals surface area contributed by atoms with Gasteiger partial charge in [0.2, 0.25) is 0 Å². The molecular weight excluding hydrogens is 232 g/mol. The van der Waals surface area contributed by atoms with E-state index in [1.807, 2.05) is 13.0 Å². The molecule has 18 heavy (non-hydrogen) atoms. The molecule has 0 aliphatic rings. The number of hydrogen-bond donors (Lipinski definition) is 2. The van der Waals surface area contributed by atoms with Crippen molar-refractivity contribution in [2.24, 2.45) is 0 Å². The van der Waals surface area contributed by atoms with Gasteiger partial charge in [0.15, 0.2) is 0 Å². The number of aliphatic hydroxyl groups is 1. The van der Waals surface area contributed by atoms with Gasteiger partial charge in [-0.1, -0.05) is 12.1 Å². The number of rotatable bonds is 6. The maximum atomic E-state index is 10.8. The van der Waals surface area contributed by atoms with Gasteiger partial charge < -0.3 is 10.4 Å². The molecule has 1 aromatic rings. The number of nitrogens with zero attached hydrogens (tertiary/aromatic N) is 1. The Kier molecular flexibility index (Phi) is 5.25. The largest absolute Gasteiger partial charge is 0.393 e. The number of nitrogens with one attached hydrogen (secondary N) is 1. The fourth-order valence-electron chi connectivity index (χ4n) is 1.85. The van der Waals surface area contributed by atoms with E-state index in [1.54, 1.807) is 26.0 Å². The van der Waals surface area contributed by atoms with Crippen molar-refractivity contribution in [2.45, 2.75) is 45.9 Å². The summed E-state index contributed by atoms with van der Waals surface area (Å²) in [6.07, 6.45) is 0.313. The van der Waals surface area contributed by atoms with Crippen LogP contribution in [0.4, 0.5) is 5.69 Å². The molecule has 0 aliphatic carbocycles. The summed E-state index contributed by atoms with van der Waals surface area (Å²) in [5.41, 5.74) is 1.70. The zero-order valence-electron chi connectivity index (χ0n) is 11.0. The van der Waals surface area contributed by atoms with E-state index < -0.39 is 0 Å². The summed E-state index contributed by atoms with van der Waals surface area (Å²) in [4.78, 5) is 10.4. The van der Waals surface area contributed by atoms with Gasteiger partial charge in [-0.05, 0) is 32.8 Å². The monoisotopic (exact) mass is 252 g/mol. The van der Waals surface area contributed by atoms with Crippen LogP contribution in [0.25, 0.3) is 0 Å². The first-order chi connectivity index (χ1) is 8.40. The van der Waals surface area contributed by atoms with Gasteiger partial charge in [0.05, 0.1) is 11.0 Å². The molecule has 0 heterocycles. The third kappa shape index (κ3) is 4.43. The summed E-state index contributed by atoms with van der Waals surface area (Å²) in [6, 6.07) is 5.40. The highest BCUT2D eigenvalue weighted by molar-refractivity contribution is 5.42. The molecule has 0 fully saturated rings. The standard InChI is InChI=1S/C13H20N2O3/c1-9-4-5-12(7-13(9)15(17)18)8-14-10(2)6-11(3)16/h4-5,7,10-11,14,16H,6,8H2,1-3H3/t10-,11-/m0/s1. The zero-order chi connectivity index (χ0) is 13.7. The number of hydrogen-bond acceptors (Lipinski definition) is 4. The van der Waals surface area contributed by atoms with Crippen LogP contribution in [0.2, 0.25) is 0 Å². The van der Waals surface area contributed by atoms with Crippen LogP contribution in [0.5, 0.6) is 0 Å². The molecule has 0 saturated carbocycles. The van der Waals surface area contributed by atoms with Gasteiger partial charge in [0, 0.05) is 24.2 Å². The van der Waals surface area contributed by atoms with Crippen LogP contribution < -0.4 is 5.32 Å². The van der Waals surface area contributed by atoms with Gasteiger partial charge in [0.1, 0.15) is 0 Å². The van der Waals surface area contributed by atoms with Crippen molar-refractivity contribution in [1.29, 1.82) is 0 Å². The Bertz CT molecular complexity index is 419. The van der Waals surface area contributed by atoms with Crippen molar-refractivity contribution < 1.29 is 10.0 Å². The second-order valence-corrected chi connectivity index (χ2v) is 4.74. The molecular formula is C13H20N2O3. The molecule has 0 bridgehead atoms. The smallest absolute Gasteiger partial charge is 0.272 e. The van der Waals surface area contributed by atoms with E-state index in [9.17, 15) is 15.2 Å². The van der Waals surface area contributed by atoms with Crippen LogP contribution in [0.1, 0.15) is 31.4 Å². The van der Waals surface area contributed by atoms with Gasteiger partial charge >= 0.3 is 0 Å². The average molecular weight is 252 g/mol. The summed E-state index contributed by atoms with van der Waals surface area (Å²) in [7, 11) is 0. The molecule has 2 N–H and O–H groups in total. The van der Waals surface area contributed by atoms with E-state index in [4.69, 9.17) is 0 Å². The highest BCUT2D eigenvalue weighted by atomic mass is 16.6. The van der Waals surface area contributed by atoms with E-state index in [0.717, 1.165) is 5.56 Å². The molecule has 5 nitrogen and oxygen atoms in total. The lowest BCUT2D eigenvalue weighted by Gasteiger charge is -2.15. The summed E-state index contributed by atoms with van der Waals surface area (Å²) in [5.74, 6) is 0. The maximum absolute atomic E-state index is 10.8. The molecule has 0 saturated heterocycles. The van der Waals surface area contributed by atoms with E-state index in [2.05, 4.69) is 5.32 Å². The lowest BCUT2D eigenvalue weighted by Crippen LogP contribution is -2.28. The first kappa shape index (κ1) is 14.6. The average Bonchev–Trinajstić information content (AvgIpc) is 2.26. The summed E-state index contributed by atoms with van der Waals surface area (Å²) in [6.45, 7) is 6.02. The SMILES string of the molecule is Cc1ccc(CN[C@@H](C)C[C@H](C)O)cc1[N+](=O)[O-]. The predicted octanol–water partition coefficient (Wildman–Crippen LogP) is 2.15. The predicted molar refractivity (Wildman–Crippen MR) is 70.4 cm³/mol. The lowest BCUT2D eigenvalue weighted by molar-refractivity contribution is -0.385. The summed E-state index contributed by atoms with van der Waals surface area (Å²) < 4.78 is 0. The lowest BCUT2D eigenvalue weighted by atomic mass is 10.1. The van der Waals surface area contributed by atoms with Gasteiger partial charge in [-0.15, -0.1) is 0 Å². The third-order valence-corrected chi connectivity index (χ3v) is 2.82. The third-order valence-electron chi connectivity index (χ3n) is 2.82. The van der Waals surface area contributed by atoms with Crippen molar-refractivity contribution in [1.82, 2.24) is 5.32 Å². The second-order valence-electron chi connectivity index (χ2n) is 4.74. The van der Waals surface area contributed by atoms with Crippen LogP contribution >= 0.6 is 0 Å².